The molecular weight excluding hydrogens is 568 g/mol. The van der Waals surface area contributed by atoms with Gasteiger partial charge < -0.3 is 29.4 Å². The number of pyridine rings is 1. The summed E-state index contributed by atoms with van der Waals surface area (Å²) in [6.45, 7) is 6.86. The Morgan fingerprint density at radius 2 is 1.71 bits per heavy atom. The Hall–Kier alpha value is -4.52. The Kier molecular flexibility index (Phi) is 12.7. The Morgan fingerprint density at radius 3 is 2.40 bits per heavy atom. The molecule has 2 heterocycles. The van der Waals surface area contributed by atoms with Crippen LogP contribution in [0.1, 0.15) is 51.5 Å². The highest BCUT2D eigenvalue weighted by Crippen LogP contribution is 2.38. The van der Waals surface area contributed by atoms with E-state index in [2.05, 4.69) is 35.1 Å². The van der Waals surface area contributed by atoms with Gasteiger partial charge in [-0.15, -0.1) is 0 Å². The van der Waals surface area contributed by atoms with Crippen molar-refractivity contribution in [3.8, 4) is 34.8 Å². The number of anilines is 2. The quantitative estimate of drug-likeness (QED) is 0.156. The molecule has 238 valence electrons. The highest BCUT2D eigenvalue weighted by molar-refractivity contribution is 5.97. The fourth-order valence-electron chi connectivity index (χ4n) is 5.28. The van der Waals surface area contributed by atoms with E-state index in [1.54, 1.807) is 20.4 Å². The minimum Gasteiger partial charge on any atom is -0.493 e. The standard InChI is InChI=1S/C33H36N4O5.C3H8/c1-39-29-9-3-4-10-30(29)42-26-13-11-24(12-14-26)36-33-23(20-34)21-35-28-19-32(31(40-2)18-27(28)33)41-17-7-16-37-15-6-5-8-25(37)22-38;1-3-2/h3-4,9-14,18-19,21,25,38H,5-8,15-17,22H2,1-2H3,(H,35,36);3H2,1-2H3. The number of hydrogen-bond donors (Lipinski definition) is 2. The molecule has 45 heavy (non-hydrogen) atoms. The summed E-state index contributed by atoms with van der Waals surface area (Å²) in [6.07, 6.45) is 7.04. The Bertz CT molecular complexity index is 1550. The van der Waals surface area contributed by atoms with E-state index < -0.39 is 0 Å². The van der Waals surface area contributed by atoms with Crippen LogP contribution in [0.2, 0.25) is 0 Å². The number of hydrogen-bond acceptors (Lipinski definition) is 9. The molecular formula is C36H44N4O5. The number of fused-ring (bicyclic) bond motifs is 1. The highest BCUT2D eigenvalue weighted by atomic mass is 16.5. The zero-order chi connectivity index (χ0) is 32.0. The third-order valence-corrected chi connectivity index (χ3v) is 7.50. The summed E-state index contributed by atoms with van der Waals surface area (Å²) in [5, 5.41) is 23.6. The number of aliphatic hydroxyl groups excluding tert-OH is 1. The summed E-state index contributed by atoms with van der Waals surface area (Å²) in [5.74, 6) is 3.09. The summed E-state index contributed by atoms with van der Waals surface area (Å²) < 4.78 is 23.2. The second-order valence-corrected chi connectivity index (χ2v) is 10.9. The molecule has 1 fully saturated rings. The molecule has 0 aliphatic carbocycles. The summed E-state index contributed by atoms with van der Waals surface area (Å²) in [5.41, 5.74) is 2.50. The third-order valence-electron chi connectivity index (χ3n) is 7.50. The first kappa shape index (κ1) is 33.4. The van der Waals surface area contributed by atoms with Crippen molar-refractivity contribution in [2.45, 2.75) is 52.0 Å². The maximum absolute atomic E-state index is 9.84. The molecule has 0 spiro atoms. The molecule has 0 bridgehead atoms. The van der Waals surface area contributed by atoms with Crippen molar-refractivity contribution in [2.75, 3.05) is 45.8 Å². The average molecular weight is 613 g/mol. The molecule has 2 N–H and O–H groups in total. The summed E-state index contributed by atoms with van der Waals surface area (Å²) in [4.78, 5) is 6.88. The zero-order valence-corrected chi connectivity index (χ0v) is 26.7. The number of nitriles is 1. The minimum absolute atomic E-state index is 0.201. The Balaban J connectivity index is 0.00000148. The number of methoxy groups -OCH3 is 2. The first-order valence-electron chi connectivity index (χ1n) is 15.6. The number of para-hydroxylation sites is 2. The van der Waals surface area contributed by atoms with Crippen LogP contribution in [0.5, 0.6) is 28.7 Å². The molecule has 9 nitrogen and oxygen atoms in total. The Morgan fingerprint density at radius 1 is 0.978 bits per heavy atom. The van der Waals surface area contributed by atoms with Crippen LogP contribution in [0, 0.1) is 11.3 Å². The van der Waals surface area contributed by atoms with Crippen LogP contribution in [-0.2, 0) is 0 Å². The predicted molar refractivity (Wildman–Crippen MR) is 178 cm³/mol. The molecule has 1 unspecified atom stereocenters. The van der Waals surface area contributed by atoms with Gasteiger partial charge >= 0.3 is 0 Å². The molecule has 1 aliphatic rings. The monoisotopic (exact) mass is 612 g/mol. The number of aliphatic hydroxyl groups is 1. The van der Waals surface area contributed by atoms with E-state index in [9.17, 15) is 10.4 Å². The van der Waals surface area contributed by atoms with Gasteiger partial charge in [-0.2, -0.15) is 5.26 Å². The number of aromatic nitrogens is 1. The van der Waals surface area contributed by atoms with Crippen LogP contribution in [0.4, 0.5) is 11.4 Å². The summed E-state index contributed by atoms with van der Waals surface area (Å²) in [6, 6.07) is 21.1. The first-order valence-corrected chi connectivity index (χ1v) is 15.6. The molecule has 3 aromatic carbocycles. The molecule has 1 saturated heterocycles. The van der Waals surface area contributed by atoms with Gasteiger partial charge in [0.25, 0.3) is 0 Å². The number of rotatable bonds is 12. The lowest BCUT2D eigenvalue weighted by atomic mass is 10.0. The maximum atomic E-state index is 9.84. The van der Waals surface area contributed by atoms with Gasteiger partial charge in [0.1, 0.15) is 11.8 Å². The van der Waals surface area contributed by atoms with Gasteiger partial charge in [-0.3, -0.25) is 9.88 Å². The highest BCUT2D eigenvalue weighted by Gasteiger charge is 2.21. The molecule has 4 aromatic rings. The topological polar surface area (TPSA) is 109 Å². The predicted octanol–water partition coefficient (Wildman–Crippen LogP) is 7.69. The van der Waals surface area contributed by atoms with Crippen molar-refractivity contribution in [2.24, 2.45) is 0 Å². The molecule has 9 heteroatoms. The van der Waals surface area contributed by atoms with E-state index in [0.29, 0.717) is 52.1 Å². The second-order valence-electron chi connectivity index (χ2n) is 10.9. The molecule has 1 aromatic heterocycles. The number of nitrogens with one attached hydrogen (secondary N) is 1. The number of likely N-dealkylation sites (tertiary alicyclic amines) is 1. The number of nitrogens with zero attached hydrogens (tertiary/aromatic N) is 3. The fourth-order valence-corrected chi connectivity index (χ4v) is 5.28. The van der Waals surface area contributed by atoms with E-state index in [1.807, 2.05) is 60.7 Å². The molecule has 1 atom stereocenters. The van der Waals surface area contributed by atoms with Gasteiger partial charge in [0.05, 0.1) is 44.2 Å². The van der Waals surface area contributed by atoms with Crippen LogP contribution in [0.25, 0.3) is 10.9 Å². The number of piperidine rings is 1. The van der Waals surface area contributed by atoms with E-state index in [-0.39, 0.29) is 12.6 Å². The normalized spacial score (nSPS) is 14.5. The lowest BCUT2D eigenvalue weighted by molar-refractivity contribution is 0.0850. The van der Waals surface area contributed by atoms with E-state index >= 15 is 0 Å². The fraction of sp³-hybridized carbons (Fsp3) is 0.389. The smallest absolute Gasteiger partial charge is 0.169 e. The molecule has 0 radical (unpaired) electrons. The minimum atomic E-state index is 0.201. The van der Waals surface area contributed by atoms with Crippen LogP contribution in [0.3, 0.4) is 0 Å². The Labute approximate surface area is 266 Å². The number of ether oxygens (including phenoxy) is 4. The van der Waals surface area contributed by atoms with E-state index in [1.165, 1.54) is 19.3 Å². The van der Waals surface area contributed by atoms with E-state index in [4.69, 9.17) is 18.9 Å². The van der Waals surface area contributed by atoms with Gasteiger partial charge in [0.2, 0.25) is 0 Å². The van der Waals surface area contributed by atoms with Gasteiger partial charge in [-0.05, 0) is 68.3 Å². The lowest BCUT2D eigenvalue weighted by Gasteiger charge is -2.34. The molecule has 0 amide bonds. The van der Waals surface area contributed by atoms with Crippen LogP contribution < -0.4 is 24.3 Å². The second kappa shape index (κ2) is 17.1. The van der Waals surface area contributed by atoms with Crippen LogP contribution in [0.15, 0.2) is 66.9 Å². The number of benzene rings is 3. The van der Waals surface area contributed by atoms with Crippen LogP contribution in [-0.4, -0.2) is 61.6 Å². The average Bonchev–Trinajstić information content (AvgIpc) is 3.08. The van der Waals surface area contributed by atoms with Gasteiger partial charge in [-0.25, -0.2) is 0 Å². The molecule has 0 saturated carbocycles. The SMILES string of the molecule is CCC.COc1cc2c(Nc3ccc(Oc4ccccc4OC)cc3)c(C#N)cnc2cc1OCCCN1CCCCC1CO. The van der Waals surface area contributed by atoms with Crippen molar-refractivity contribution in [1.82, 2.24) is 9.88 Å². The molecule has 5 rings (SSSR count). The summed E-state index contributed by atoms with van der Waals surface area (Å²) >= 11 is 0. The van der Waals surface area contributed by atoms with Crippen LogP contribution >= 0.6 is 0 Å². The van der Waals surface area contributed by atoms with Gasteiger partial charge in [0, 0.05) is 35.9 Å². The van der Waals surface area contributed by atoms with E-state index in [0.717, 1.165) is 37.0 Å². The first-order chi connectivity index (χ1) is 22.0. The van der Waals surface area contributed by atoms with Crippen molar-refractivity contribution in [1.29, 1.82) is 5.26 Å². The largest absolute Gasteiger partial charge is 0.493 e. The zero-order valence-electron chi connectivity index (χ0n) is 26.7. The maximum Gasteiger partial charge on any atom is 0.169 e. The summed E-state index contributed by atoms with van der Waals surface area (Å²) in [7, 11) is 3.21. The lowest BCUT2D eigenvalue weighted by Crippen LogP contribution is -2.42. The van der Waals surface area contributed by atoms with Gasteiger partial charge in [-0.1, -0.05) is 38.8 Å². The van der Waals surface area contributed by atoms with Crippen molar-refractivity contribution >= 4 is 22.3 Å². The van der Waals surface area contributed by atoms with Crippen molar-refractivity contribution < 1.29 is 24.1 Å². The van der Waals surface area contributed by atoms with Crippen molar-refractivity contribution in [3.05, 3.63) is 72.4 Å². The molecule has 1 aliphatic heterocycles. The van der Waals surface area contributed by atoms with Gasteiger partial charge in [0.15, 0.2) is 23.0 Å². The van der Waals surface area contributed by atoms with Crippen molar-refractivity contribution in [3.63, 3.8) is 0 Å². The third kappa shape index (κ3) is 8.78.